The number of Topliss-reactive ketones (excluding diaryl/α,β-unsaturated/α-hetero) is 1. The molecular weight excluding hydrogens is 378 g/mol. The Balaban J connectivity index is 0.00000392. The van der Waals surface area contributed by atoms with E-state index in [1.54, 1.807) is 0 Å². The van der Waals surface area contributed by atoms with E-state index in [-0.39, 0.29) is 35.9 Å². The Morgan fingerprint density at radius 3 is 2.61 bits per heavy atom. The van der Waals surface area contributed by atoms with Crippen LogP contribution in [0.2, 0.25) is 0 Å². The van der Waals surface area contributed by atoms with Gasteiger partial charge >= 0.3 is 0 Å². The zero-order chi connectivity index (χ0) is 20.2. The maximum atomic E-state index is 12.5. The number of unbranched alkanes of at least 4 members (excludes halogenated alkanes) is 1. The molecule has 3 N–H and O–H groups in total. The molecule has 6 nitrogen and oxygen atoms in total. The lowest BCUT2D eigenvalue weighted by molar-refractivity contribution is -0.125. The lowest BCUT2D eigenvalue weighted by atomic mass is 9.85. The zero-order valence-corrected chi connectivity index (χ0v) is 18.4. The Bertz CT molecular complexity index is 689. The van der Waals surface area contributed by atoms with E-state index in [1.165, 1.54) is 6.92 Å². The number of halogens is 1. The summed E-state index contributed by atoms with van der Waals surface area (Å²) in [6.45, 7) is 11.8. The van der Waals surface area contributed by atoms with Crippen LogP contribution in [0, 0.1) is 5.41 Å². The molecule has 1 unspecified atom stereocenters. The molecule has 2 aliphatic rings. The average molecular weight is 412 g/mol. The molecule has 1 amide bonds. The number of fused-ring (bicyclic) bond motifs is 1. The normalized spacial score (nSPS) is 19.4. The van der Waals surface area contributed by atoms with Gasteiger partial charge in [-0.25, -0.2) is 0 Å². The molecule has 1 atom stereocenters. The molecule has 1 heterocycles. The number of carbonyl (C=O) groups excluding carboxylic acids is 2. The van der Waals surface area contributed by atoms with E-state index in [9.17, 15) is 9.59 Å². The van der Waals surface area contributed by atoms with Gasteiger partial charge < -0.3 is 20.7 Å². The number of hydrogen-bond acceptors (Lipinski definition) is 5. The summed E-state index contributed by atoms with van der Waals surface area (Å²) >= 11 is 0. The first-order valence-electron chi connectivity index (χ1n) is 9.72. The summed E-state index contributed by atoms with van der Waals surface area (Å²) in [5, 5.41) is 2.72. The summed E-state index contributed by atoms with van der Waals surface area (Å²) < 4.78 is 6.15. The van der Waals surface area contributed by atoms with Crippen LogP contribution in [0.1, 0.15) is 53.9 Å². The highest BCUT2D eigenvalue weighted by molar-refractivity contribution is 5.94. The van der Waals surface area contributed by atoms with Crippen LogP contribution < -0.4 is 11.1 Å². The van der Waals surface area contributed by atoms with E-state index in [4.69, 9.17) is 10.5 Å². The number of nitrogens with one attached hydrogen (secondary N) is 1. The zero-order valence-electron chi connectivity index (χ0n) is 17.6. The lowest BCUT2D eigenvalue weighted by Crippen LogP contribution is -2.42. The second kappa shape index (κ2) is 10.1. The Morgan fingerprint density at radius 1 is 1.39 bits per heavy atom. The molecule has 0 fully saturated rings. The van der Waals surface area contributed by atoms with Crippen LogP contribution in [-0.4, -0.2) is 42.3 Å². The second-order valence-corrected chi connectivity index (χ2v) is 8.43. The first-order valence-corrected chi connectivity index (χ1v) is 9.72. The smallest absolute Gasteiger partial charge is 0.217 e. The quantitative estimate of drug-likeness (QED) is 0.629. The highest BCUT2D eigenvalue weighted by Gasteiger charge is 2.34. The van der Waals surface area contributed by atoms with Crippen molar-refractivity contribution in [3.63, 3.8) is 0 Å². The molecule has 7 heteroatoms. The molecule has 0 radical (unpaired) electrons. The van der Waals surface area contributed by atoms with Crippen molar-refractivity contribution in [3.8, 4) is 0 Å². The molecule has 0 saturated heterocycles. The van der Waals surface area contributed by atoms with Crippen LogP contribution in [0.5, 0.6) is 0 Å². The number of nitrogens with two attached hydrogens (primary N) is 1. The summed E-state index contributed by atoms with van der Waals surface area (Å²) in [5.41, 5.74) is 8.89. The first kappa shape index (κ1) is 24.2. The SMILES string of the molecule is CCCCOC1=C(CN)N(CC(C)(C)C)C=C2CC(=O)C(NC(C)=O)C=C21.Cl. The Kier molecular flexibility index (Phi) is 8.76. The predicted octanol–water partition coefficient (Wildman–Crippen LogP) is 3.04. The highest BCUT2D eigenvalue weighted by atomic mass is 35.5. The van der Waals surface area contributed by atoms with Crippen LogP contribution in [0.15, 0.2) is 34.9 Å². The van der Waals surface area contributed by atoms with Crippen LogP contribution in [0.4, 0.5) is 0 Å². The Hall–Kier alpha value is -1.79. The average Bonchev–Trinajstić information content (AvgIpc) is 2.54. The standard InChI is InChI=1S/C21H33N3O3.ClH/c1-6-7-8-27-20-16-10-17(23-14(2)25)19(26)9-15(16)12-24(18(20)11-22)13-21(3,4)5;/h10,12,17H,6-9,11,13,22H2,1-5H3,(H,23,25);1H. The minimum Gasteiger partial charge on any atom is -0.491 e. The third kappa shape index (κ3) is 6.11. The fraction of sp³-hybridized carbons (Fsp3) is 0.619. The first-order chi connectivity index (χ1) is 12.7. The molecule has 0 spiro atoms. The van der Waals surface area contributed by atoms with Gasteiger partial charge in [-0.15, -0.1) is 12.4 Å². The van der Waals surface area contributed by atoms with Crippen molar-refractivity contribution < 1.29 is 14.3 Å². The van der Waals surface area contributed by atoms with Crippen molar-refractivity contribution >= 4 is 24.1 Å². The van der Waals surface area contributed by atoms with E-state index in [2.05, 4.69) is 37.9 Å². The molecular formula is C21H34ClN3O3. The van der Waals surface area contributed by atoms with Crippen LogP contribution >= 0.6 is 12.4 Å². The van der Waals surface area contributed by atoms with E-state index in [0.717, 1.165) is 42.0 Å². The summed E-state index contributed by atoms with van der Waals surface area (Å²) in [7, 11) is 0. The van der Waals surface area contributed by atoms with Gasteiger partial charge in [-0.05, 0) is 23.5 Å². The number of ketones is 1. The Morgan fingerprint density at radius 2 is 2.07 bits per heavy atom. The Labute approximate surface area is 174 Å². The lowest BCUT2D eigenvalue weighted by Gasteiger charge is -2.38. The third-order valence-electron chi connectivity index (χ3n) is 4.50. The van der Waals surface area contributed by atoms with E-state index >= 15 is 0 Å². The van der Waals surface area contributed by atoms with Gasteiger partial charge in [-0.1, -0.05) is 34.1 Å². The van der Waals surface area contributed by atoms with Gasteiger partial charge in [-0.3, -0.25) is 9.59 Å². The van der Waals surface area contributed by atoms with Crippen LogP contribution in [0.3, 0.4) is 0 Å². The van der Waals surface area contributed by atoms with Crippen molar-refractivity contribution in [2.75, 3.05) is 19.7 Å². The number of ether oxygens (including phenoxy) is 1. The van der Waals surface area contributed by atoms with Crippen molar-refractivity contribution in [2.45, 2.75) is 59.9 Å². The van der Waals surface area contributed by atoms with E-state index < -0.39 is 6.04 Å². The predicted molar refractivity (Wildman–Crippen MR) is 114 cm³/mol. The van der Waals surface area contributed by atoms with Crippen molar-refractivity contribution in [1.82, 2.24) is 10.2 Å². The minimum atomic E-state index is -0.618. The largest absolute Gasteiger partial charge is 0.491 e. The molecule has 2 rings (SSSR count). The molecule has 28 heavy (non-hydrogen) atoms. The minimum absolute atomic E-state index is 0. The monoisotopic (exact) mass is 411 g/mol. The number of carbonyl (C=O) groups is 2. The van der Waals surface area contributed by atoms with Crippen LogP contribution in [-0.2, 0) is 14.3 Å². The van der Waals surface area contributed by atoms with Gasteiger partial charge in [0.15, 0.2) is 5.78 Å². The number of nitrogens with zero attached hydrogens (tertiary/aromatic N) is 1. The van der Waals surface area contributed by atoms with Gasteiger partial charge in [0.25, 0.3) is 0 Å². The second-order valence-electron chi connectivity index (χ2n) is 8.43. The third-order valence-corrected chi connectivity index (χ3v) is 4.50. The topological polar surface area (TPSA) is 84.7 Å². The summed E-state index contributed by atoms with van der Waals surface area (Å²) in [5.74, 6) is 0.509. The molecule has 1 aliphatic heterocycles. The van der Waals surface area contributed by atoms with E-state index in [1.807, 2.05) is 12.3 Å². The fourth-order valence-corrected chi connectivity index (χ4v) is 3.33. The number of amides is 1. The molecule has 1 aliphatic carbocycles. The molecule has 158 valence electrons. The van der Waals surface area contributed by atoms with Crippen molar-refractivity contribution in [1.29, 1.82) is 0 Å². The number of rotatable bonds is 7. The van der Waals surface area contributed by atoms with Crippen molar-refractivity contribution in [3.05, 3.63) is 34.9 Å². The molecule has 0 aromatic heterocycles. The molecule has 0 bridgehead atoms. The summed E-state index contributed by atoms with van der Waals surface area (Å²) in [6, 6.07) is -0.618. The summed E-state index contributed by atoms with van der Waals surface area (Å²) in [4.78, 5) is 26.1. The van der Waals surface area contributed by atoms with Gasteiger partial charge in [0.2, 0.25) is 5.91 Å². The van der Waals surface area contributed by atoms with Crippen LogP contribution in [0.25, 0.3) is 0 Å². The van der Waals surface area contributed by atoms with Gasteiger partial charge in [0.05, 0.1) is 12.3 Å². The molecule has 0 aromatic rings. The van der Waals surface area contributed by atoms with Gasteiger partial charge in [0.1, 0.15) is 11.8 Å². The van der Waals surface area contributed by atoms with Gasteiger partial charge in [-0.2, -0.15) is 0 Å². The number of allylic oxidation sites excluding steroid dienone is 1. The summed E-state index contributed by atoms with van der Waals surface area (Å²) in [6.07, 6.45) is 6.08. The van der Waals surface area contributed by atoms with E-state index in [0.29, 0.717) is 13.2 Å². The maximum absolute atomic E-state index is 12.5. The maximum Gasteiger partial charge on any atom is 0.217 e. The molecule has 0 aromatic carbocycles. The fourth-order valence-electron chi connectivity index (χ4n) is 3.33. The van der Waals surface area contributed by atoms with Gasteiger partial charge in [0, 0.05) is 38.2 Å². The molecule has 0 saturated carbocycles. The van der Waals surface area contributed by atoms with Crippen molar-refractivity contribution in [2.24, 2.45) is 11.1 Å². The number of hydrogen-bond donors (Lipinski definition) is 2. The highest BCUT2D eigenvalue weighted by Crippen LogP contribution is 2.37.